The fraction of sp³-hybridized carbons (Fsp3) is 0.524. The molecule has 0 spiro atoms. The molecule has 2 aromatic heterocycles. The van der Waals surface area contributed by atoms with E-state index in [1.54, 1.807) is 11.5 Å². The molecule has 0 bridgehead atoms. The highest BCUT2D eigenvalue weighted by molar-refractivity contribution is 5.93. The topological polar surface area (TPSA) is 93.5 Å². The van der Waals surface area contributed by atoms with Gasteiger partial charge in [0, 0.05) is 32.1 Å². The second-order valence-corrected chi connectivity index (χ2v) is 8.13. The molecule has 0 aromatic carbocycles. The zero-order valence-electron chi connectivity index (χ0n) is 17.4. The van der Waals surface area contributed by atoms with Crippen molar-refractivity contribution in [2.24, 2.45) is 0 Å². The number of nitrogens with zero attached hydrogens (tertiary/aromatic N) is 3. The van der Waals surface area contributed by atoms with Crippen molar-refractivity contribution in [3.05, 3.63) is 33.9 Å². The van der Waals surface area contributed by atoms with Crippen molar-refractivity contribution in [2.75, 3.05) is 31.1 Å². The average Bonchev–Trinajstić information content (AvgIpc) is 3.49. The van der Waals surface area contributed by atoms with Crippen LogP contribution in [0.25, 0.3) is 11.0 Å². The summed E-state index contributed by atoms with van der Waals surface area (Å²) in [5.74, 6) is -1.91. The van der Waals surface area contributed by atoms with Crippen LogP contribution in [0.3, 0.4) is 0 Å². The van der Waals surface area contributed by atoms with Crippen molar-refractivity contribution in [1.82, 2.24) is 14.9 Å². The van der Waals surface area contributed by atoms with Crippen LogP contribution in [-0.2, 0) is 9.53 Å². The van der Waals surface area contributed by atoms with Gasteiger partial charge in [-0.3, -0.25) is 9.59 Å². The van der Waals surface area contributed by atoms with Gasteiger partial charge in [-0.2, -0.15) is 0 Å². The third kappa shape index (κ3) is 4.11. The van der Waals surface area contributed by atoms with Gasteiger partial charge in [-0.1, -0.05) is 0 Å². The van der Waals surface area contributed by atoms with E-state index in [0.29, 0.717) is 0 Å². The summed E-state index contributed by atoms with van der Waals surface area (Å²) in [6.45, 7) is 2.99. The minimum absolute atomic E-state index is 0.0114. The summed E-state index contributed by atoms with van der Waals surface area (Å²) in [5, 5.41) is 2.46. The van der Waals surface area contributed by atoms with E-state index >= 15 is 4.39 Å². The van der Waals surface area contributed by atoms with E-state index in [1.165, 1.54) is 18.0 Å². The standard InChI is InChI=1S/C21H24F2N4O4/c1-3-31-20(30)15-9-27(13-4-5-13)18-14(17(15)29)8-16(22)19(25-18)26-7-6-21(23,11-26)10-24-12(2)28/h8-9,13H,3-7,10-11H2,1-2H3,(H,24,28). The number of nitrogens with one attached hydrogen (secondary N) is 1. The van der Waals surface area contributed by atoms with E-state index in [-0.39, 0.29) is 67.0 Å². The van der Waals surface area contributed by atoms with E-state index in [0.717, 1.165) is 18.9 Å². The summed E-state index contributed by atoms with van der Waals surface area (Å²) >= 11 is 0. The number of anilines is 1. The van der Waals surface area contributed by atoms with Crippen molar-refractivity contribution >= 4 is 28.7 Å². The number of ether oxygens (including phenoxy) is 1. The minimum atomic E-state index is -1.70. The third-order valence-corrected chi connectivity index (χ3v) is 5.63. The molecule has 4 rings (SSSR count). The maximum Gasteiger partial charge on any atom is 0.343 e. The molecule has 3 heterocycles. The summed E-state index contributed by atoms with van der Waals surface area (Å²) < 4.78 is 36.7. The molecule has 2 aromatic rings. The zero-order chi connectivity index (χ0) is 22.3. The van der Waals surface area contributed by atoms with Gasteiger partial charge in [0.2, 0.25) is 11.3 Å². The number of fused-ring (bicyclic) bond motifs is 1. The van der Waals surface area contributed by atoms with Gasteiger partial charge in [-0.05, 0) is 25.8 Å². The predicted molar refractivity (Wildman–Crippen MR) is 110 cm³/mol. The van der Waals surface area contributed by atoms with E-state index in [9.17, 15) is 18.8 Å². The van der Waals surface area contributed by atoms with Crippen LogP contribution in [0.15, 0.2) is 17.1 Å². The molecule has 1 atom stereocenters. The summed E-state index contributed by atoms with van der Waals surface area (Å²) in [7, 11) is 0. The van der Waals surface area contributed by atoms with E-state index < -0.39 is 22.9 Å². The van der Waals surface area contributed by atoms with Crippen LogP contribution >= 0.6 is 0 Å². The SMILES string of the molecule is CCOC(=O)c1cn(C2CC2)c2nc(N3CCC(F)(CNC(C)=O)C3)c(F)cc2c1=O. The summed E-state index contributed by atoms with van der Waals surface area (Å²) in [6, 6.07) is 1.12. The number of alkyl halides is 1. The Labute approximate surface area is 177 Å². The Morgan fingerprint density at radius 1 is 1.39 bits per heavy atom. The number of hydrogen-bond donors (Lipinski definition) is 1. The number of amides is 1. The Hall–Kier alpha value is -3.04. The summed E-state index contributed by atoms with van der Waals surface area (Å²) in [6.07, 6.45) is 3.24. The molecule has 1 aliphatic carbocycles. The first-order valence-electron chi connectivity index (χ1n) is 10.3. The first-order chi connectivity index (χ1) is 14.7. The number of halogens is 2. The predicted octanol–water partition coefficient (Wildman–Crippen LogP) is 2.10. The second kappa shape index (κ2) is 7.90. The highest BCUT2D eigenvalue weighted by atomic mass is 19.1. The van der Waals surface area contributed by atoms with Gasteiger partial charge in [-0.15, -0.1) is 0 Å². The molecule has 0 radical (unpaired) electrons. The molecule has 1 N–H and O–H groups in total. The first-order valence-corrected chi connectivity index (χ1v) is 10.3. The number of carbonyl (C=O) groups excluding carboxylic acids is 2. The van der Waals surface area contributed by atoms with Crippen molar-refractivity contribution in [1.29, 1.82) is 0 Å². The largest absolute Gasteiger partial charge is 0.462 e. The van der Waals surface area contributed by atoms with Gasteiger partial charge in [0.05, 0.1) is 25.1 Å². The Kier molecular flexibility index (Phi) is 5.40. The monoisotopic (exact) mass is 434 g/mol. The van der Waals surface area contributed by atoms with Gasteiger partial charge >= 0.3 is 5.97 Å². The fourth-order valence-electron chi connectivity index (χ4n) is 3.89. The van der Waals surface area contributed by atoms with Crippen LogP contribution in [-0.4, -0.2) is 53.3 Å². The highest BCUT2D eigenvalue weighted by Crippen LogP contribution is 2.38. The normalized spacial score (nSPS) is 20.8. The lowest BCUT2D eigenvalue weighted by Gasteiger charge is -2.23. The third-order valence-electron chi connectivity index (χ3n) is 5.63. The molecule has 166 valence electrons. The Morgan fingerprint density at radius 2 is 2.13 bits per heavy atom. The molecule has 1 aliphatic heterocycles. The first kappa shape index (κ1) is 21.2. The number of carbonyl (C=O) groups is 2. The molecule has 1 saturated heterocycles. The van der Waals surface area contributed by atoms with Crippen molar-refractivity contribution in [3.63, 3.8) is 0 Å². The van der Waals surface area contributed by atoms with Crippen LogP contribution < -0.4 is 15.6 Å². The molecule has 31 heavy (non-hydrogen) atoms. The molecule has 1 saturated carbocycles. The van der Waals surface area contributed by atoms with Crippen LogP contribution in [0.5, 0.6) is 0 Å². The van der Waals surface area contributed by atoms with E-state index in [1.807, 2.05) is 0 Å². The summed E-state index contributed by atoms with van der Waals surface area (Å²) in [4.78, 5) is 42.1. The van der Waals surface area contributed by atoms with Gasteiger partial charge < -0.3 is 19.5 Å². The second-order valence-electron chi connectivity index (χ2n) is 8.13. The Morgan fingerprint density at radius 3 is 2.77 bits per heavy atom. The molecule has 8 nitrogen and oxygen atoms in total. The Bertz CT molecular complexity index is 1110. The quantitative estimate of drug-likeness (QED) is 0.700. The number of aromatic nitrogens is 2. The fourth-order valence-corrected chi connectivity index (χ4v) is 3.89. The molecule has 1 unspecified atom stereocenters. The van der Waals surface area contributed by atoms with Gasteiger partial charge in [0.1, 0.15) is 16.9 Å². The molecule has 10 heteroatoms. The molecule has 2 fully saturated rings. The van der Waals surface area contributed by atoms with E-state index in [4.69, 9.17) is 4.74 Å². The van der Waals surface area contributed by atoms with Crippen molar-refractivity contribution < 1.29 is 23.1 Å². The number of rotatable bonds is 6. The smallest absolute Gasteiger partial charge is 0.343 e. The number of esters is 1. The lowest BCUT2D eigenvalue weighted by atomic mass is 10.1. The Balaban J connectivity index is 1.74. The lowest BCUT2D eigenvalue weighted by molar-refractivity contribution is -0.119. The number of hydrogen-bond acceptors (Lipinski definition) is 6. The lowest BCUT2D eigenvalue weighted by Crippen LogP contribution is -2.41. The average molecular weight is 434 g/mol. The van der Waals surface area contributed by atoms with Crippen LogP contribution in [0, 0.1) is 5.82 Å². The maximum atomic E-state index is 15.0. The van der Waals surface area contributed by atoms with Crippen molar-refractivity contribution in [3.8, 4) is 0 Å². The van der Waals surface area contributed by atoms with Gasteiger partial charge in [-0.25, -0.2) is 18.6 Å². The maximum absolute atomic E-state index is 15.0. The van der Waals surface area contributed by atoms with E-state index in [2.05, 4.69) is 10.3 Å². The summed E-state index contributed by atoms with van der Waals surface area (Å²) in [5.41, 5.74) is -2.24. The zero-order valence-corrected chi connectivity index (χ0v) is 17.4. The van der Waals surface area contributed by atoms with Crippen molar-refractivity contribution in [2.45, 2.75) is 44.8 Å². The molecular weight excluding hydrogens is 410 g/mol. The minimum Gasteiger partial charge on any atom is -0.462 e. The number of pyridine rings is 2. The molecular formula is C21H24F2N4O4. The van der Waals surface area contributed by atoms with Gasteiger partial charge in [0.15, 0.2) is 11.6 Å². The van der Waals surface area contributed by atoms with Crippen LogP contribution in [0.1, 0.15) is 49.5 Å². The molecule has 2 aliphatic rings. The van der Waals surface area contributed by atoms with Gasteiger partial charge in [0.25, 0.3) is 0 Å². The van der Waals surface area contributed by atoms with Crippen LogP contribution in [0.4, 0.5) is 14.6 Å². The van der Waals surface area contributed by atoms with Crippen LogP contribution in [0.2, 0.25) is 0 Å². The highest BCUT2D eigenvalue weighted by Gasteiger charge is 2.40. The molecule has 1 amide bonds.